The van der Waals surface area contributed by atoms with Crippen molar-refractivity contribution in [2.75, 3.05) is 7.11 Å². The second-order valence-electron chi connectivity index (χ2n) is 7.98. The Hall–Kier alpha value is -3.19. The van der Waals surface area contributed by atoms with Gasteiger partial charge in [0.1, 0.15) is 5.69 Å². The lowest BCUT2D eigenvalue weighted by molar-refractivity contribution is -0.607. The van der Waals surface area contributed by atoms with Crippen LogP contribution in [0.25, 0.3) is 10.9 Å². The fraction of sp³-hybridized carbons (Fsp3) is 0.167. The number of halogens is 2. The van der Waals surface area contributed by atoms with E-state index in [1.165, 1.54) is 13.2 Å². The summed E-state index contributed by atoms with van der Waals surface area (Å²) in [4.78, 5) is 16.3. The van der Waals surface area contributed by atoms with E-state index < -0.39 is 19.1 Å². The monoisotopic (exact) mass is 501 g/mol. The third kappa shape index (κ3) is 4.44. The summed E-state index contributed by atoms with van der Waals surface area (Å²) in [6.07, 6.45) is 1.91. The van der Waals surface area contributed by atoms with E-state index in [1.54, 1.807) is 30.3 Å². The van der Waals surface area contributed by atoms with Gasteiger partial charge < -0.3 is 20.0 Å². The number of fused-ring (bicyclic) bond motifs is 1. The number of rotatable bonds is 6. The number of H-pyrrole nitrogens is 1. The van der Waals surface area contributed by atoms with E-state index in [0.717, 1.165) is 23.5 Å². The average Bonchev–Trinajstić information content (AvgIpc) is 3.16. The van der Waals surface area contributed by atoms with Gasteiger partial charge in [-0.1, -0.05) is 28.8 Å². The smallest absolute Gasteiger partial charge is 0.268 e. The molecule has 0 spiro atoms. The highest BCUT2D eigenvalue weighted by atomic mass is 35.5. The minimum Gasteiger partial charge on any atom is -0.619 e. The molecule has 1 unspecified atom stereocenters. The van der Waals surface area contributed by atoms with E-state index in [1.807, 2.05) is 19.9 Å². The van der Waals surface area contributed by atoms with Crippen LogP contribution in [0.4, 0.5) is 4.39 Å². The molecule has 10 heteroatoms. The quantitative estimate of drug-likeness (QED) is 0.237. The molecule has 176 valence electrons. The number of nitrogens with zero attached hydrogens (tertiary/aromatic N) is 1. The first-order valence-corrected chi connectivity index (χ1v) is 12.3. The zero-order valence-corrected chi connectivity index (χ0v) is 20.3. The van der Waals surface area contributed by atoms with E-state index >= 15 is 0 Å². The Kier molecular flexibility index (Phi) is 6.49. The van der Waals surface area contributed by atoms with Gasteiger partial charge in [0.25, 0.3) is 13.3 Å². The van der Waals surface area contributed by atoms with E-state index in [0.29, 0.717) is 26.0 Å². The summed E-state index contributed by atoms with van der Waals surface area (Å²) in [5.74, 6) is -1.36. The van der Waals surface area contributed by atoms with Crippen LogP contribution in [0, 0.1) is 24.9 Å². The molecular weight excluding hydrogens is 480 g/mol. The topological polar surface area (TPSA) is 98.1 Å². The van der Waals surface area contributed by atoms with Crippen LogP contribution in [0.3, 0.4) is 0 Å². The van der Waals surface area contributed by atoms with Gasteiger partial charge in [-0.15, -0.1) is 0 Å². The first-order valence-electron chi connectivity index (χ1n) is 10.3. The molecule has 2 N–H and O–H groups in total. The normalized spacial score (nSPS) is 13.1. The number of aromatic amines is 1. The number of aromatic nitrogens is 2. The Labute approximate surface area is 200 Å². The highest BCUT2D eigenvalue weighted by Crippen LogP contribution is 2.47. The maximum absolute atomic E-state index is 14.4. The molecule has 0 aliphatic carbocycles. The Morgan fingerprint density at radius 1 is 1.21 bits per heavy atom. The molecule has 0 aliphatic heterocycles. The van der Waals surface area contributed by atoms with Crippen molar-refractivity contribution < 1.29 is 23.0 Å². The van der Waals surface area contributed by atoms with Crippen LogP contribution in [-0.2, 0) is 15.6 Å². The standard InChI is InChI=1S/C24H22ClFN3O4P/c1-14-8-15(2)10-18(9-14)34(32,33-3)23-19-11-17(25)4-5-21(19)28-22(23)24(30)27-12-16-6-7-29(31)13-20(16)26/h4-11,13,28H,12H2,1-3H3,(H,27,30). The van der Waals surface area contributed by atoms with Gasteiger partial charge in [0.2, 0.25) is 6.20 Å². The van der Waals surface area contributed by atoms with Gasteiger partial charge in [0.05, 0.1) is 5.30 Å². The summed E-state index contributed by atoms with van der Waals surface area (Å²) >= 11 is 6.23. The molecule has 0 bridgehead atoms. The molecule has 1 atom stereocenters. The van der Waals surface area contributed by atoms with Crippen molar-refractivity contribution in [1.29, 1.82) is 0 Å². The van der Waals surface area contributed by atoms with Crippen LogP contribution in [0.15, 0.2) is 54.9 Å². The van der Waals surface area contributed by atoms with Gasteiger partial charge in [-0.25, -0.2) is 0 Å². The molecule has 2 aromatic heterocycles. The lowest BCUT2D eigenvalue weighted by atomic mass is 10.2. The van der Waals surface area contributed by atoms with Crippen LogP contribution in [0.5, 0.6) is 0 Å². The van der Waals surface area contributed by atoms with Crippen molar-refractivity contribution in [3.05, 3.63) is 93.3 Å². The lowest BCUT2D eigenvalue weighted by Crippen LogP contribution is -2.31. The maximum Gasteiger partial charge on any atom is 0.268 e. The molecule has 4 aromatic rings. The molecule has 2 heterocycles. The number of amides is 1. The fourth-order valence-electron chi connectivity index (χ4n) is 3.95. The van der Waals surface area contributed by atoms with Crippen LogP contribution in [0.1, 0.15) is 27.2 Å². The first-order chi connectivity index (χ1) is 16.1. The van der Waals surface area contributed by atoms with Crippen LogP contribution in [-0.4, -0.2) is 18.0 Å². The van der Waals surface area contributed by atoms with Crippen molar-refractivity contribution in [3.8, 4) is 0 Å². The second kappa shape index (κ2) is 9.22. The number of hydrogen-bond donors (Lipinski definition) is 2. The molecule has 7 nitrogen and oxygen atoms in total. The van der Waals surface area contributed by atoms with E-state index in [-0.39, 0.29) is 23.1 Å². The average molecular weight is 502 g/mol. The molecule has 4 rings (SSSR count). The van der Waals surface area contributed by atoms with Crippen molar-refractivity contribution >= 4 is 46.4 Å². The fourth-order valence-corrected chi connectivity index (χ4v) is 6.48. The Morgan fingerprint density at radius 2 is 1.91 bits per heavy atom. The maximum atomic E-state index is 14.4. The van der Waals surface area contributed by atoms with E-state index in [9.17, 15) is 19.0 Å². The second-order valence-corrected chi connectivity index (χ2v) is 10.8. The van der Waals surface area contributed by atoms with Crippen LogP contribution in [0.2, 0.25) is 5.02 Å². The Morgan fingerprint density at radius 3 is 2.56 bits per heavy atom. The highest BCUT2D eigenvalue weighted by Gasteiger charge is 2.36. The lowest BCUT2D eigenvalue weighted by Gasteiger charge is -2.19. The third-order valence-corrected chi connectivity index (χ3v) is 8.21. The van der Waals surface area contributed by atoms with E-state index in [4.69, 9.17) is 16.1 Å². The summed E-state index contributed by atoms with van der Waals surface area (Å²) in [5, 5.41) is 15.4. The summed E-state index contributed by atoms with van der Waals surface area (Å²) in [5.41, 5.74) is 2.49. The minimum atomic E-state index is -3.75. The Balaban J connectivity index is 1.84. The number of carbonyl (C=O) groups excluding carboxylic acids is 1. The van der Waals surface area contributed by atoms with Crippen molar-refractivity contribution in [1.82, 2.24) is 10.3 Å². The van der Waals surface area contributed by atoms with E-state index in [2.05, 4.69) is 10.3 Å². The van der Waals surface area contributed by atoms with Gasteiger partial charge in [0, 0.05) is 46.5 Å². The zero-order chi connectivity index (χ0) is 24.6. The van der Waals surface area contributed by atoms with Crippen LogP contribution < -0.4 is 20.7 Å². The van der Waals surface area contributed by atoms with Crippen molar-refractivity contribution in [2.45, 2.75) is 20.4 Å². The van der Waals surface area contributed by atoms with Gasteiger partial charge in [-0.2, -0.15) is 9.12 Å². The Bertz CT molecular complexity index is 1450. The zero-order valence-electron chi connectivity index (χ0n) is 18.7. The van der Waals surface area contributed by atoms with Gasteiger partial charge in [-0.3, -0.25) is 9.36 Å². The summed E-state index contributed by atoms with van der Waals surface area (Å²) in [6.45, 7) is 3.59. The van der Waals surface area contributed by atoms with Crippen molar-refractivity contribution in [3.63, 3.8) is 0 Å². The molecule has 0 saturated heterocycles. The molecule has 1 amide bonds. The number of carbonyl (C=O) groups is 1. The number of pyridine rings is 1. The van der Waals surface area contributed by atoms with Gasteiger partial charge in [0.15, 0.2) is 12.0 Å². The molecule has 0 aliphatic rings. The number of hydrogen-bond acceptors (Lipinski definition) is 4. The highest BCUT2D eigenvalue weighted by molar-refractivity contribution is 7.75. The van der Waals surface area contributed by atoms with Crippen LogP contribution >= 0.6 is 19.0 Å². The minimum absolute atomic E-state index is 0.0248. The number of benzene rings is 2. The van der Waals surface area contributed by atoms with Gasteiger partial charge >= 0.3 is 0 Å². The predicted molar refractivity (Wildman–Crippen MR) is 130 cm³/mol. The van der Waals surface area contributed by atoms with Crippen molar-refractivity contribution in [2.24, 2.45) is 0 Å². The number of aryl methyl sites for hydroxylation is 2. The third-order valence-electron chi connectivity index (χ3n) is 5.47. The first kappa shape index (κ1) is 24.0. The summed E-state index contributed by atoms with van der Waals surface area (Å²) in [7, 11) is -2.41. The predicted octanol–water partition coefficient (Wildman–Crippen LogP) is 4.02. The molecular formula is C24H22ClFN3O4P. The van der Waals surface area contributed by atoms with Gasteiger partial charge in [-0.05, 0) is 44.2 Å². The number of nitrogens with one attached hydrogen (secondary N) is 2. The molecule has 0 fully saturated rings. The summed E-state index contributed by atoms with van der Waals surface area (Å²) < 4.78 is 34.4. The molecule has 0 saturated carbocycles. The largest absolute Gasteiger partial charge is 0.619 e. The SMILES string of the molecule is COP(=O)(c1cc(C)cc(C)c1)c1c(C(=O)NCc2cc[n+]([O-])cc2F)[nH]c2ccc(Cl)cc12. The molecule has 34 heavy (non-hydrogen) atoms. The molecule has 2 aromatic carbocycles. The molecule has 0 radical (unpaired) electrons. The summed E-state index contributed by atoms with van der Waals surface area (Å²) in [6, 6.07) is 11.7.